The minimum atomic E-state index is 0. The molecule has 1 aliphatic heterocycles. The summed E-state index contributed by atoms with van der Waals surface area (Å²) in [5.74, 6) is 2.20. The van der Waals surface area contributed by atoms with Crippen LogP contribution in [0.2, 0.25) is 0 Å². The molecule has 2 heterocycles. The first-order chi connectivity index (χ1) is 14.0. The average molecular weight is 529 g/mol. The van der Waals surface area contributed by atoms with Crippen molar-refractivity contribution in [3.8, 4) is 0 Å². The van der Waals surface area contributed by atoms with Crippen molar-refractivity contribution < 1.29 is 4.79 Å². The monoisotopic (exact) mass is 529 g/mol. The summed E-state index contributed by atoms with van der Waals surface area (Å²) < 4.78 is 0. The molecule has 1 amide bonds. The number of guanidine groups is 1. The number of halogens is 1. The van der Waals surface area contributed by atoms with E-state index in [1.165, 1.54) is 19.3 Å². The second-order valence-corrected chi connectivity index (χ2v) is 8.42. The zero-order valence-corrected chi connectivity index (χ0v) is 20.7. The van der Waals surface area contributed by atoms with Gasteiger partial charge in [-0.1, -0.05) is 19.8 Å². The van der Waals surface area contributed by atoms with Crippen LogP contribution in [0.25, 0.3) is 0 Å². The van der Waals surface area contributed by atoms with Gasteiger partial charge in [0.15, 0.2) is 5.96 Å². The molecule has 3 rings (SSSR count). The minimum Gasteiger partial charge on any atom is -0.354 e. The maximum Gasteiger partial charge on any atom is 0.243 e. The lowest BCUT2D eigenvalue weighted by atomic mass is 9.86. The van der Waals surface area contributed by atoms with Gasteiger partial charge in [0.1, 0.15) is 6.54 Å². The van der Waals surface area contributed by atoms with Crippen LogP contribution in [-0.4, -0.2) is 72.5 Å². The lowest BCUT2D eigenvalue weighted by molar-refractivity contribution is -0.127. The Balaban J connectivity index is 0.00000320. The van der Waals surface area contributed by atoms with Crippen molar-refractivity contribution in [2.75, 3.05) is 38.6 Å². The molecule has 1 aromatic heterocycles. The van der Waals surface area contributed by atoms with E-state index in [0.717, 1.165) is 44.3 Å². The first kappa shape index (κ1) is 24.6. The molecule has 2 atom stereocenters. The number of carbonyl (C=O) groups is 1. The number of nitrogens with one attached hydrogen (secondary N) is 2. The van der Waals surface area contributed by atoms with E-state index in [0.29, 0.717) is 18.0 Å². The minimum absolute atomic E-state index is 0. The third-order valence-electron chi connectivity index (χ3n) is 5.98. The van der Waals surface area contributed by atoms with Crippen molar-refractivity contribution in [1.82, 2.24) is 25.5 Å². The van der Waals surface area contributed by atoms with Gasteiger partial charge in [0.2, 0.25) is 11.9 Å². The Morgan fingerprint density at radius 2 is 1.80 bits per heavy atom. The molecule has 9 heteroatoms. The number of anilines is 1. The standard InChI is InChI=1S/C21H35N7O.HI/c1-16-7-4-5-8-18(16)26-20(24-15-19(29)27(2)3)25-17-9-13-28(14-10-17)21-22-11-6-12-23-21;/h6,11-12,16-18H,4-5,7-10,13-15H2,1-3H3,(H2,24,25,26);1H. The van der Waals surface area contributed by atoms with E-state index < -0.39 is 0 Å². The predicted octanol–water partition coefficient (Wildman–Crippen LogP) is 2.27. The maximum absolute atomic E-state index is 12.0. The van der Waals surface area contributed by atoms with Crippen LogP contribution in [0.5, 0.6) is 0 Å². The molecule has 2 N–H and O–H groups in total. The van der Waals surface area contributed by atoms with Gasteiger partial charge in [-0.2, -0.15) is 0 Å². The Hall–Kier alpha value is -1.65. The number of piperidine rings is 1. The molecule has 2 unspecified atom stereocenters. The van der Waals surface area contributed by atoms with Gasteiger partial charge in [-0.05, 0) is 37.7 Å². The molecule has 0 bridgehead atoms. The van der Waals surface area contributed by atoms with Gasteiger partial charge in [-0.25, -0.2) is 15.0 Å². The summed E-state index contributed by atoms with van der Waals surface area (Å²) in [6.07, 6.45) is 10.5. The third-order valence-corrected chi connectivity index (χ3v) is 5.98. The van der Waals surface area contributed by atoms with Gasteiger partial charge in [0.05, 0.1) is 0 Å². The SMILES string of the molecule is CC1CCCCC1NC(=NCC(=O)N(C)C)NC1CCN(c2ncccn2)CC1.I. The fourth-order valence-electron chi connectivity index (χ4n) is 4.00. The lowest BCUT2D eigenvalue weighted by Gasteiger charge is -2.35. The number of amides is 1. The van der Waals surface area contributed by atoms with Crippen LogP contribution in [0.1, 0.15) is 45.4 Å². The molecule has 0 aromatic carbocycles. The van der Waals surface area contributed by atoms with Crippen LogP contribution in [-0.2, 0) is 4.79 Å². The zero-order chi connectivity index (χ0) is 20.6. The van der Waals surface area contributed by atoms with Crippen LogP contribution >= 0.6 is 24.0 Å². The number of aliphatic imine (C=N–C) groups is 1. The molecular formula is C21H36IN7O. The highest BCUT2D eigenvalue weighted by Crippen LogP contribution is 2.23. The van der Waals surface area contributed by atoms with Crippen molar-refractivity contribution in [3.05, 3.63) is 18.5 Å². The van der Waals surface area contributed by atoms with Crippen LogP contribution in [0.15, 0.2) is 23.5 Å². The summed E-state index contributed by atoms with van der Waals surface area (Å²) >= 11 is 0. The van der Waals surface area contributed by atoms with Gasteiger partial charge in [0.25, 0.3) is 0 Å². The number of likely N-dealkylation sites (N-methyl/N-ethyl adjacent to an activating group) is 1. The molecule has 1 saturated heterocycles. The smallest absolute Gasteiger partial charge is 0.243 e. The summed E-state index contributed by atoms with van der Waals surface area (Å²) in [6.45, 7) is 4.29. The van der Waals surface area contributed by atoms with Gasteiger partial charge in [-0.3, -0.25) is 4.79 Å². The van der Waals surface area contributed by atoms with Crippen LogP contribution < -0.4 is 15.5 Å². The largest absolute Gasteiger partial charge is 0.354 e. The summed E-state index contributed by atoms with van der Waals surface area (Å²) in [6, 6.07) is 2.59. The number of hydrogen-bond donors (Lipinski definition) is 2. The van der Waals surface area contributed by atoms with E-state index in [1.807, 2.05) is 6.07 Å². The Kier molecular flexibility index (Phi) is 10.1. The first-order valence-corrected chi connectivity index (χ1v) is 10.8. The molecule has 8 nitrogen and oxygen atoms in total. The second kappa shape index (κ2) is 12.3. The highest BCUT2D eigenvalue weighted by molar-refractivity contribution is 14.0. The highest BCUT2D eigenvalue weighted by atomic mass is 127. The van der Waals surface area contributed by atoms with Crippen molar-refractivity contribution in [1.29, 1.82) is 0 Å². The Labute approximate surface area is 197 Å². The summed E-state index contributed by atoms with van der Waals surface area (Å²) in [5, 5.41) is 7.21. The fourth-order valence-corrected chi connectivity index (χ4v) is 4.00. The fraction of sp³-hybridized carbons (Fsp3) is 0.714. The Morgan fingerprint density at radius 1 is 1.13 bits per heavy atom. The van der Waals surface area contributed by atoms with Crippen molar-refractivity contribution in [2.45, 2.75) is 57.5 Å². The summed E-state index contributed by atoms with van der Waals surface area (Å²) in [5.41, 5.74) is 0. The Morgan fingerprint density at radius 3 is 2.43 bits per heavy atom. The number of hydrogen-bond acceptors (Lipinski definition) is 5. The summed E-state index contributed by atoms with van der Waals surface area (Å²) in [7, 11) is 3.53. The molecular weight excluding hydrogens is 493 g/mol. The first-order valence-electron chi connectivity index (χ1n) is 10.8. The van der Waals surface area contributed by atoms with Crippen LogP contribution in [0.4, 0.5) is 5.95 Å². The number of aromatic nitrogens is 2. The van der Waals surface area contributed by atoms with Crippen molar-refractivity contribution in [2.24, 2.45) is 10.9 Å². The van der Waals surface area contributed by atoms with Gasteiger partial charge >= 0.3 is 0 Å². The van der Waals surface area contributed by atoms with Gasteiger partial charge < -0.3 is 20.4 Å². The highest BCUT2D eigenvalue weighted by Gasteiger charge is 2.25. The van der Waals surface area contributed by atoms with E-state index in [-0.39, 0.29) is 36.4 Å². The van der Waals surface area contributed by atoms with E-state index in [4.69, 9.17) is 0 Å². The normalized spacial score (nSPS) is 22.8. The number of carbonyl (C=O) groups excluding carboxylic acids is 1. The quantitative estimate of drug-likeness (QED) is 0.346. The molecule has 1 aromatic rings. The van der Waals surface area contributed by atoms with E-state index >= 15 is 0 Å². The number of rotatable bonds is 5. The van der Waals surface area contributed by atoms with Gasteiger partial charge in [0, 0.05) is 51.7 Å². The molecule has 168 valence electrons. The van der Waals surface area contributed by atoms with Crippen LogP contribution in [0.3, 0.4) is 0 Å². The van der Waals surface area contributed by atoms with E-state index in [9.17, 15) is 4.79 Å². The molecule has 30 heavy (non-hydrogen) atoms. The summed E-state index contributed by atoms with van der Waals surface area (Å²) in [4.78, 5) is 29.2. The maximum atomic E-state index is 12.0. The zero-order valence-electron chi connectivity index (χ0n) is 18.4. The molecule has 0 spiro atoms. The lowest BCUT2D eigenvalue weighted by Crippen LogP contribution is -2.53. The molecule has 1 aliphatic carbocycles. The topological polar surface area (TPSA) is 85.8 Å². The second-order valence-electron chi connectivity index (χ2n) is 8.42. The van der Waals surface area contributed by atoms with Gasteiger partial charge in [-0.15, -0.1) is 24.0 Å². The van der Waals surface area contributed by atoms with E-state index in [2.05, 4.69) is 37.4 Å². The Bertz CT molecular complexity index is 677. The van der Waals surface area contributed by atoms with Crippen molar-refractivity contribution in [3.63, 3.8) is 0 Å². The molecule has 2 aliphatic rings. The number of nitrogens with zero attached hydrogens (tertiary/aromatic N) is 5. The predicted molar refractivity (Wildman–Crippen MR) is 131 cm³/mol. The average Bonchev–Trinajstić information content (AvgIpc) is 2.74. The van der Waals surface area contributed by atoms with Crippen LogP contribution in [0, 0.1) is 5.92 Å². The third kappa shape index (κ3) is 7.24. The van der Waals surface area contributed by atoms with Crippen molar-refractivity contribution >= 4 is 41.8 Å². The van der Waals surface area contributed by atoms with E-state index in [1.54, 1.807) is 31.4 Å². The molecule has 2 fully saturated rings. The molecule has 0 radical (unpaired) electrons. The molecule has 1 saturated carbocycles.